The molecule has 0 atom stereocenters. The maximum atomic E-state index is 11.8. The fraction of sp³-hybridized carbons (Fsp3) is 0.235. The minimum absolute atomic E-state index is 0.0488. The van der Waals surface area contributed by atoms with Gasteiger partial charge in [-0.2, -0.15) is 0 Å². The Balaban J connectivity index is 1.74. The third kappa shape index (κ3) is 5.28. The van der Waals surface area contributed by atoms with Crippen molar-refractivity contribution in [1.82, 2.24) is 5.32 Å². The number of carbonyl (C=O) groups is 1. The van der Waals surface area contributed by atoms with Crippen LogP contribution in [0, 0.1) is 0 Å². The lowest BCUT2D eigenvalue weighted by Gasteiger charge is -2.08. The Morgan fingerprint density at radius 1 is 1.05 bits per heavy atom. The van der Waals surface area contributed by atoms with E-state index in [0.29, 0.717) is 13.0 Å². The summed E-state index contributed by atoms with van der Waals surface area (Å²) in [5, 5.41) is 5.94. The number of para-hydroxylation sites is 1. The van der Waals surface area contributed by atoms with Crippen molar-refractivity contribution in [3.63, 3.8) is 0 Å². The first kappa shape index (κ1) is 15.1. The molecule has 0 fully saturated rings. The van der Waals surface area contributed by atoms with Crippen molar-refractivity contribution in [1.29, 1.82) is 0 Å². The molecule has 21 heavy (non-hydrogen) atoms. The maximum absolute atomic E-state index is 11.8. The average molecular weight is 284 g/mol. The van der Waals surface area contributed by atoms with Gasteiger partial charge in [0.05, 0.1) is 13.0 Å². The fourth-order valence-corrected chi connectivity index (χ4v) is 1.91. The van der Waals surface area contributed by atoms with Crippen molar-refractivity contribution in [2.45, 2.75) is 13.0 Å². The van der Waals surface area contributed by atoms with E-state index in [1.54, 1.807) is 0 Å². The summed E-state index contributed by atoms with van der Waals surface area (Å²) >= 11 is 0. The number of anilines is 1. The van der Waals surface area contributed by atoms with E-state index in [4.69, 9.17) is 4.74 Å². The minimum atomic E-state index is -0.0488. The molecule has 0 aliphatic rings. The van der Waals surface area contributed by atoms with Crippen LogP contribution in [0.4, 0.5) is 5.69 Å². The molecule has 0 aliphatic carbocycles. The van der Waals surface area contributed by atoms with Crippen molar-refractivity contribution in [3.05, 3.63) is 60.2 Å². The molecule has 110 valence electrons. The Morgan fingerprint density at radius 2 is 1.76 bits per heavy atom. The van der Waals surface area contributed by atoms with Crippen molar-refractivity contribution < 1.29 is 9.53 Å². The summed E-state index contributed by atoms with van der Waals surface area (Å²) in [5.74, 6) is 0.731. The molecule has 0 saturated carbocycles. The van der Waals surface area contributed by atoms with Gasteiger partial charge in [0.2, 0.25) is 5.91 Å². The van der Waals surface area contributed by atoms with Gasteiger partial charge in [0.15, 0.2) is 0 Å². The van der Waals surface area contributed by atoms with Gasteiger partial charge in [0, 0.05) is 12.2 Å². The smallest absolute Gasteiger partial charge is 0.227 e. The Kier molecular flexibility index (Phi) is 5.79. The van der Waals surface area contributed by atoms with Gasteiger partial charge >= 0.3 is 0 Å². The molecular weight excluding hydrogens is 264 g/mol. The zero-order chi connectivity index (χ0) is 14.9. The number of carbonyl (C=O) groups excluding carboxylic acids is 1. The molecule has 2 aromatic rings. The first-order valence-corrected chi connectivity index (χ1v) is 6.99. The molecule has 0 radical (unpaired) electrons. The number of hydrogen-bond acceptors (Lipinski definition) is 3. The highest BCUT2D eigenvalue weighted by Gasteiger charge is 2.03. The molecule has 0 saturated heterocycles. The number of hydrogen-bond donors (Lipinski definition) is 2. The Labute approximate surface area is 125 Å². The maximum Gasteiger partial charge on any atom is 0.227 e. The van der Waals surface area contributed by atoms with Crippen LogP contribution in [-0.4, -0.2) is 19.6 Å². The van der Waals surface area contributed by atoms with Crippen molar-refractivity contribution in [2.75, 3.05) is 19.0 Å². The fourth-order valence-electron chi connectivity index (χ4n) is 1.91. The molecular formula is C17H20N2O2. The van der Waals surface area contributed by atoms with Crippen LogP contribution in [0.5, 0.6) is 5.75 Å². The molecule has 0 aliphatic heterocycles. The molecule has 2 rings (SSSR count). The molecule has 2 N–H and O–H groups in total. The van der Waals surface area contributed by atoms with E-state index >= 15 is 0 Å². The summed E-state index contributed by atoms with van der Waals surface area (Å²) in [4.78, 5) is 11.8. The van der Waals surface area contributed by atoms with E-state index in [-0.39, 0.29) is 5.91 Å². The molecule has 0 heterocycles. The molecule has 0 unspecified atom stereocenters. The second kappa shape index (κ2) is 8.07. The van der Waals surface area contributed by atoms with Crippen molar-refractivity contribution in [2.24, 2.45) is 0 Å². The molecule has 0 aromatic heterocycles. The number of ether oxygens (including phenoxy) is 1. The first-order chi connectivity index (χ1) is 10.3. The van der Waals surface area contributed by atoms with Gasteiger partial charge in [-0.15, -0.1) is 0 Å². The number of benzene rings is 2. The number of rotatable bonds is 7. The third-order valence-corrected chi connectivity index (χ3v) is 2.96. The summed E-state index contributed by atoms with van der Waals surface area (Å²) in [6.45, 7) is 1.19. The Morgan fingerprint density at radius 3 is 2.43 bits per heavy atom. The predicted octanol–water partition coefficient (Wildman–Crippen LogP) is 2.81. The van der Waals surface area contributed by atoms with E-state index in [1.807, 2.05) is 61.6 Å². The minimum Gasteiger partial charge on any atom is -0.493 e. The SMILES string of the molecule is CNCc1ccc(NC(=O)CCOc2ccccc2)cc1. The van der Waals surface area contributed by atoms with Gasteiger partial charge in [-0.05, 0) is 36.9 Å². The van der Waals surface area contributed by atoms with Crippen LogP contribution in [0.2, 0.25) is 0 Å². The van der Waals surface area contributed by atoms with Crippen molar-refractivity contribution >= 4 is 11.6 Å². The second-order valence-electron chi connectivity index (χ2n) is 4.69. The summed E-state index contributed by atoms with van der Waals surface area (Å²) in [7, 11) is 1.91. The van der Waals surface area contributed by atoms with Gasteiger partial charge in [0.25, 0.3) is 0 Å². The van der Waals surface area contributed by atoms with Crippen LogP contribution in [0.25, 0.3) is 0 Å². The Hall–Kier alpha value is -2.33. The highest BCUT2D eigenvalue weighted by molar-refractivity contribution is 5.90. The van der Waals surface area contributed by atoms with Crippen LogP contribution >= 0.6 is 0 Å². The largest absolute Gasteiger partial charge is 0.493 e. The molecule has 0 bridgehead atoms. The molecule has 0 spiro atoms. The van der Waals surface area contributed by atoms with Crippen LogP contribution in [0.3, 0.4) is 0 Å². The zero-order valence-corrected chi connectivity index (χ0v) is 12.1. The van der Waals surface area contributed by atoms with E-state index in [0.717, 1.165) is 18.0 Å². The lowest BCUT2D eigenvalue weighted by Crippen LogP contribution is -2.15. The van der Waals surface area contributed by atoms with Crippen LogP contribution in [0.1, 0.15) is 12.0 Å². The van der Waals surface area contributed by atoms with Gasteiger partial charge in [-0.3, -0.25) is 4.79 Å². The normalized spacial score (nSPS) is 10.1. The lowest BCUT2D eigenvalue weighted by atomic mass is 10.2. The van der Waals surface area contributed by atoms with Crippen LogP contribution in [-0.2, 0) is 11.3 Å². The van der Waals surface area contributed by atoms with E-state index in [9.17, 15) is 4.79 Å². The van der Waals surface area contributed by atoms with E-state index < -0.39 is 0 Å². The summed E-state index contributed by atoms with van der Waals surface area (Å²) < 4.78 is 5.50. The average Bonchev–Trinajstić information content (AvgIpc) is 2.51. The second-order valence-corrected chi connectivity index (χ2v) is 4.69. The predicted molar refractivity (Wildman–Crippen MR) is 84.4 cm³/mol. The van der Waals surface area contributed by atoms with Crippen molar-refractivity contribution in [3.8, 4) is 5.75 Å². The van der Waals surface area contributed by atoms with Crippen LogP contribution in [0.15, 0.2) is 54.6 Å². The highest BCUT2D eigenvalue weighted by atomic mass is 16.5. The first-order valence-electron chi connectivity index (χ1n) is 6.99. The summed E-state index contributed by atoms with van der Waals surface area (Å²) in [6.07, 6.45) is 0.327. The zero-order valence-electron chi connectivity index (χ0n) is 12.1. The van der Waals surface area contributed by atoms with E-state index in [1.165, 1.54) is 5.56 Å². The molecule has 4 nitrogen and oxygen atoms in total. The lowest BCUT2D eigenvalue weighted by molar-refractivity contribution is -0.116. The standard InChI is InChI=1S/C17H20N2O2/c1-18-13-14-7-9-15(10-8-14)19-17(20)11-12-21-16-5-3-2-4-6-16/h2-10,18H,11-13H2,1H3,(H,19,20). The van der Waals surface area contributed by atoms with Gasteiger partial charge in [0.1, 0.15) is 5.75 Å². The molecule has 2 aromatic carbocycles. The van der Waals surface area contributed by atoms with Gasteiger partial charge < -0.3 is 15.4 Å². The summed E-state index contributed by atoms with van der Waals surface area (Å²) in [5.41, 5.74) is 1.99. The number of nitrogens with one attached hydrogen (secondary N) is 2. The molecule has 1 amide bonds. The van der Waals surface area contributed by atoms with Gasteiger partial charge in [-0.1, -0.05) is 30.3 Å². The monoisotopic (exact) mass is 284 g/mol. The summed E-state index contributed by atoms with van der Waals surface area (Å²) in [6, 6.07) is 17.3. The Bertz CT molecular complexity index is 553. The third-order valence-electron chi connectivity index (χ3n) is 2.96. The number of amides is 1. The highest BCUT2D eigenvalue weighted by Crippen LogP contribution is 2.11. The molecule has 4 heteroatoms. The van der Waals surface area contributed by atoms with E-state index in [2.05, 4.69) is 10.6 Å². The topological polar surface area (TPSA) is 50.4 Å². The quantitative estimate of drug-likeness (QED) is 0.822. The van der Waals surface area contributed by atoms with Gasteiger partial charge in [-0.25, -0.2) is 0 Å². The van der Waals surface area contributed by atoms with Crippen LogP contribution < -0.4 is 15.4 Å².